The molecule has 0 saturated heterocycles. The molecule has 0 saturated carbocycles. The summed E-state index contributed by atoms with van der Waals surface area (Å²) >= 11 is 0. The summed E-state index contributed by atoms with van der Waals surface area (Å²) < 4.78 is 25.3. The van der Waals surface area contributed by atoms with E-state index in [2.05, 4.69) is 4.72 Å². The van der Waals surface area contributed by atoms with Gasteiger partial charge in [-0.15, -0.1) is 0 Å². The number of aliphatic carboxylic acids is 1. The molecule has 0 aliphatic rings. The fraction of sp³-hybridized carbons (Fsp3) is 0.300. The van der Waals surface area contributed by atoms with Crippen LogP contribution in [0, 0.1) is 0 Å². The summed E-state index contributed by atoms with van der Waals surface area (Å²) in [6.45, 7) is -0.315. The first-order chi connectivity index (χ1) is 7.91. The van der Waals surface area contributed by atoms with Crippen LogP contribution in [0.4, 0.5) is 0 Å². The predicted molar refractivity (Wildman–Crippen MR) is 62.7 cm³/mol. The van der Waals surface area contributed by atoms with Gasteiger partial charge in [0.25, 0.3) is 0 Å². The van der Waals surface area contributed by atoms with Crippen LogP contribution >= 0.6 is 0 Å². The van der Waals surface area contributed by atoms with E-state index in [0.29, 0.717) is 5.56 Å². The molecule has 1 unspecified atom stereocenters. The largest absolute Gasteiger partial charge is 0.480 e. The smallest absolute Gasteiger partial charge is 0.321 e. The van der Waals surface area contributed by atoms with Gasteiger partial charge in [0, 0.05) is 6.54 Å². The lowest BCUT2D eigenvalue weighted by molar-refractivity contribution is -0.138. The second kappa shape index (κ2) is 5.76. The minimum atomic E-state index is -3.56. The maximum atomic E-state index is 11.6. The average Bonchev–Trinajstić information content (AvgIpc) is 2.26. The van der Waals surface area contributed by atoms with Gasteiger partial charge in [-0.1, -0.05) is 30.3 Å². The topological polar surface area (TPSA) is 109 Å². The SMILES string of the molecule is NC(CNS(=O)(=O)Cc1ccccc1)C(=O)O. The summed E-state index contributed by atoms with van der Waals surface area (Å²) in [5.41, 5.74) is 5.82. The molecule has 7 heteroatoms. The molecule has 17 heavy (non-hydrogen) atoms. The van der Waals surface area contributed by atoms with Gasteiger partial charge in [-0.05, 0) is 5.56 Å². The first-order valence-electron chi connectivity index (χ1n) is 4.90. The number of hydrogen-bond donors (Lipinski definition) is 3. The van der Waals surface area contributed by atoms with E-state index in [9.17, 15) is 13.2 Å². The molecule has 0 fully saturated rings. The van der Waals surface area contributed by atoms with Gasteiger partial charge in [-0.3, -0.25) is 4.79 Å². The highest BCUT2D eigenvalue weighted by atomic mass is 32.2. The third kappa shape index (κ3) is 4.94. The van der Waals surface area contributed by atoms with E-state index in [1.165, 1.54) is 0 Å². The number of carboxylic acids is 1. The Morgan fingerprint density at radius 1 is 1.35 bits per heavy atom. The van der Waals surface area contributed by atoms with Crippen molar-refractivity contribution in [2.24, 2.45) is 5.73 Å². The fourth-order valence-electron chi connectivity index (χ4n) is 1.15. The van der Waals surface area contributed by atoms with Crippen molar-refractivity contribution in [1.82, 2.24) is 4.72 Å². The Hall–Kier alpha value is -1.44. The Morgan fingerprint density at radius 3 is 2.47 bits per heavy atom. The molecule has 4 N–H and O–H groups in total. The summed E-state index contributed by atoms with van der Waals surface area (Å²) in [5, 5.41) is 8.51. The molecule has 0 aromatic heterocycles. The van der Waals surface area contributed by atoms with Crippen LogP contribution in [0.25, 0.3) is 0 Å². The Balaban J connectivity index is 2.56. The third-order valence-electron chi connectivity index (χ3n) is 2.04. The van der Waals surface area contributed by atoms with Gasteiger partial charge in [0.05, 0.1) is 5.75 Å². The van der Waals surface area contributed by atoms with Gasteiger partial charge in [0.1, 0.15) is 6.04 Å². The third-order valence-corrected chi connectivity index (χ3v) is 3.36. The van der Waals surface area contributed by atoms with Gasteiger partial charge in [0.15, 0.2) is 0 Å². The molecule has 0 spiro atoms. The lowest BCUT2D eigenvalue weighted by Crippen LogP contribution is -2.42. The van der Waals surface area contributed by atoms with E-state index < -0.39 is 22.0 Å². The standard InChI is InChI=1S/C10H14N2O4S/c11-9(10(13)14)6-12-17(15,16)7-8-4-2-1-3-5-8/h1-5,9,12H,6-7,11H2,(H,13,14). The van der Waals surface area contributed by atoms with Crippen LogP contribution in [0.5, 0.6) is 0 Å². The molecular weight excluding hydrogens is 244 g/mol. The number of sulfonamides is 1. The average molecular weight is 258 g/mol. The highest BCUT2D eigenvalue weighted by molar-refractivity contribution is 7.88. The number of carboxylic acid groups (broad SMARTS) is 1. The Bertz CT molecular complexity index is 472. The Kier molecular flexibility index (Phi) is 4.62. The highest BCUT2D eigenvalue weighted by Crippen LogP contribution is 2.03. The molecule has 1 aromatic rings. The molecule has 0 amide bonds. The number of carbonyl (C=O) groups is 1. The number of nitrogens with two attached hydrogens (primary N) is 1. The monoisotopic (exact) mass is 258 g/mol. The molecule has 0 aliphatic heterocycles. The van der Waals surface area contributed by atoms with Crippen molar-refractivity contribution in [3.05, 3.63) is 35.9 Å². The normalized spacial score (nSPS) is 13.2. The van der Waals surface area contributed by atoms with Gasteiger partial charge >= 0.3 is 5.97 Å². The zero-order valence-corrected chi connectivity index (χ0v) is 9.85. The number of benzene rings is 1. The van der Waals surface area contributed by atoms with E-state index >= 15 is 0 Å². The van der Waals surface area contributed by atoms with E-state index in [4.69, 9.17) is 10.8 Å². The van der Waals surface area contributed by atoms with E-state index in [0.717, 1.165) is 0 Å². The number of rotatable bonds is 6. The van der Waals surface area contributed by atoms with Crippen LogP contribution in [0.15, 0.2) is 30.3 Å². The molecule has 0 radical (unpaired) electrons. The summed E-state index contributed by atoms with van der Waals surface area (Å²) in [6, 6.07) is 7.36. The van der Waals surface area contributed by atoms with Crippen LogP contribution in [-0.4, -0.2) is 32.1 Å². The first-order valence-corrected chi connectivity index (χ1v) is 6.55. The van der Waals surface area contributed by atoms with Gasteiger partial charge in [-0.2, -0.15) is 0 Å². The molecule has 0 aliphatic carbocycles. The predicted octanol–water partition coefficient (Wildman–Crippen LogP) is -0.482. The van der Waals surface area contributed by atoms with Crippen LogP contribution in [-0.2, 0) is 20.6 Å². The molecule has 6 nitrogen and oxygen atoms in total. The van der Waals surface area contributed by atoms with Crippen molar-refractivity contribution >= 4 is 16.0 Å². The van der Waals surface area contributed by atoms with Gasteiger partial charge < -0.3 is 10.8 Å². The molecule has 1 atom stereocenters. The van der Waals surface area contributed by atoms with E-state index in [-0.39, 0.29) is 12.3 Å². The van der Waals surface area contributed by atoms with Crippen molar-refractivity contribution in [1.29, 1.82) is 0 Å². The van der Waals surface area contributed by atoms with Crippen LogP contribution in [0.3, 0.4) is 0 Å². The van der Waals surface area contributed by atoms with E-state index in [1.54, 1.807) is 30.3 Å². The first kappa shape index (κ1) is 13.6. The Morgan fingerprint density at radius 2 is 1.94 bits per heavy atom. The summed E-state index contributed by atoms with van der Waals surface area (Å²) in [6.07, 6.45) is 0. The Labute approximate surface area is 99.5 Å². The van der Waals surface area contributed by atoms with Crippen molar-refractivity contribution < 1.29 is 18.3 Å². The molecular formula is C10H14N2O4S. The number of hydrogen-bond acceptors (Lipinski definition) is 4. The van der Waals surface area contributed by atoms with Crippen molar-refractivity contribution in [2.45, 2.75) is 11.8 Å². The summed E-state index contributed by atoms with van der Waals surface area (Å²) in [5.74, 6) is -1.44. The van der Waals surface area contributed by atoms with Gasteiger partial charge in [0.2, 0.25) is 10.0 Å². The molecule has 0 heterocycles. The molecule has 94 valence electrons. The fourth-order valence-corrected chi connectivity index (χ4v) is 2.32. The van der Waals surface area contributed by atoms with Crippen molar-refractivity contribution in [3.63, 3.8) is 0 Å². The molecule has 1 rings (SSSR count). The van der Waals surface area contributed by atoms with Crippen molar-refractivity contribution in [3.8, 4) is 0 Å². The van der Waals surface area contributed by atoms with Crippen LogP contribution in [0.1, 0.15) is 5.56 Å². The molecule has 1 aromatic carbocycles. The lowest BCUT2D eigenvalue weighted by atomic mass is 10.2. The van der Waals surface area contributed by atoms with E-state index in [1.807, 2.05) is 0 Å². The quantitative estimate of drug-likeness (QED) is 0.638. The van der Waals surface area contributed by atoms with Crippen LogP contribution < -0.4 is 10.5 Å². The second-order valence-electron chi connectivity index (χ2n) is 3.54. The zero-order chi connectivity index (χ0) is 12.9. The minimum absolute atomic E-state index is 0.194. The maximum absolute atomic E-state index is 11.6. The number of nitrogens with one attached hydrogen (secondary N) is 1. The van der Waals surface area contributed by atoms with Crippen LogP contribution in [0.2, 0.25) is 0 Å². The van der Waals surface area contributed by atoms with Crippen molar-refractivity contribution in [2.75, 3.05) is 6.54 Å². The highest BCUT2D eigenvalue weighted by Gasteiger charge is 2.16. The second-order valence-corrected chi connectivity index (χ2v) is 5.34. The summed E-state index contributed by atoms with van der Waals surface area (Å²) in [4.78, 5) is 10.4. The summed E-state index contributed by atoms with van der Waals surface area (Å²) in [7, 11) is -3.56. The zero-order valence-electron chi connectivity index (χ0n) is 9.04. The lowest BCUT2D eigenvalue weighted by Gasteiger charge is -2.09. The maximum Gasteiger partial charge on any atom is 0.321 e. The molecule has 0 bridgehead atoms. The minimum Gasteiger partial charge on any atom is -0.480 e. The van der Waals surface area contributed by atoms with Gasteiger partial charge in [-0.25, -0.2) is 13.1 Å².